The molecule has 2 heteroatoms. The van der Waals surface area contributed by atoms with Crippen LogP contribution < -0.4 is 5.32 Å². The van der Waals surface area contributed by atoms with E-state index in [0.717, 1.165) is 18.5 Å². The molecule has 0 saturated carbocycles. The van der Waals surface area contributed by atoms with Gasteiger partial charge in [-0.05, 0) is 18.6 Å². The van der Waals surface area contributed by atoms with Gasteiger partial charge in [0.15, 0.2) is 0 Å². The molecular formula is C23H26NO+. The van der Waals surface area contributed by atoms with Crippen LogP contribution in [0.3, 0.4) is 0 Å². The normalized spacial score (nSPS) is 13.3. The largest absolute Gasteiger partial charge is 0.508 e. The summed E-state index contributed by atoms with van der Waals surface area (Å²) in [5.41, 5.74) is 3.61. The maximum absolute atomic E-state index is 10.3. The van der Waals surface area contributed by atoms with Crippen molar-refractivity contribution in [2.45, 2.75) is 25.3 Å². The van der Waals surface area contributed by atoms with Crippen molar-refractivity contribution >= 4 is 0 Å². The van der Waals surface area contributed by atoms with E-state index in [4.69, 9.17) is 0 Å². The van der Waals surface area contributed by atoms with E-state index >= 15 is 0 Å². The first-order valence-corrected chi connectivity index (χ1v) is 8.97. The second-order valence-corrected chi connectivity index (χ2v) is 6.53. The van der Waals surface area contributed by atoms with Gasteiger partial charge >= 0.3 is 0 Å². The quantitative estimate of drug-likeness (QED) is 0.667. The standard InChI is InChI=1S/C23H25NO/c1-18(19-10-4-2-5-11-19)24-17-16-21(20-12-6-3-7-13-20)22-14-8-9-15-23(22)25/h2-15,18,21,24-25H,16-17H2,1H3/p+1/t18-,21+/m1/s1. The number of hydrogen-bond donors (Lipinski definition) is 2. The van der Waals surface area contributed by atoms with Gasteiger partial charge in [0, 0.05) is 23.5 Å². The van der Waals surface area contributed by atoms with Crippen LogP contribution in [0, 0.1) is 0 Å². The average molecular weight is 332 g/mol. The molecule has 3 rings (SSSR count). The minimum atomic E-state index is 0.210. The van der Waals surface area contributed by atoms with Crippen molar-refractivity contribution in [3.63, 3.8) is 0 Å². The van der Waals surface area contributed by atoms with Gasteiger partial charge in [-0.1, -0.05) is 78.9 Å². The number of hydrogen-bond acceptors (Lipinski definition) is 1. The molecule has 3 aromatic rings. The summed E-state index contributed by atoms with van der Waals surface area (Å²) >= 11 is 0. The van der Waals surface area contributed by atoms with Gasteiger partial charge in [0.1, 0.15) is 11.8 Å². The first-order chi connectivity index (χ1) is 12.3. The summed E-state index contributed by atoms with van der Waals surface area (Å²) in [5.74, 6) is 0.592. The van der Waals surface area contributed by atoms with E-state index in [2.05, 4.69) is 66.8 Å². The van der Waals surface area contributed by atoms with E-state index in [1.54, 1.807) is 6.07 Å². The molecule has 0 aliphatic carbocycles. The van der Waals surface area contributed by atoms with Gasteiger partial charge in [-0.25, -0.2) is 0 Å². The van der Waals surface area contributed by atoms with Crippen LogP contribution in [-0.2, 0) is 0 Å². The van der Waals surface area contributed by atoms with Crippen molar-refractivity contribution in [2.75, 3.05) is 6.54 Å². The van der Waals surface area contributed by atoms with E-state index in [1.807, 2.05) is 24.3 Å². The lowest BCUT2D eigenvalue weighted by atomic mass is 9.88. The van der Waals surface area contributed by atoms with Crippen LogP contribution in [-0.4, -0.2) is 11.7 Å². The molecule has 3 N–H and O–H groups in total. The molecule has 0 saturated heterocycles. The van der Waals surface area contributed by atoms with Crippen LogP contribution >= 0.6 is 0 Å². The van der Waals surface area contributed by atoms with Gasteiger partial charge in [0.05, 0.1) is 6.54 Å². The Morgan fingerprint density at radius 2 is 1.32 bits per heavy atom. The molecule has 0 aromatic heterocycles. The second-order valence-electron chi connectivity index (χ2n) is 6.53. The van der Waals surface area contributed by atoms with Gasteiger partial charge in [-0.15, -0.1) is 0 Å². The number of phenols is 1. The topological polar surface area (TPSA) is 36.8 Å². The predicted molar refractivity (Wildman–Crippen MR) is 103 cm³/mol. The molecule has 0 bridgehead atoms. The Morgan fingerprint density at radius 1 is 0.760 bits per heavy atom. The number of phenolic OH excluding ortho intramolecular Hbond substituents is 1. The molecule has 0 aliphatic heterocycles. The lowest BCUT2D eigenvalue weighted by Gasteiger charge is -2.20. The zero-order valence-electron chi connectivity index (χ0n) is 14.7. The van der Waals surface area contributed by atoms with Crippen LogP contribution in [0.5, 0.6) is 5.75 Å². The minimum Gasteiger partial charge on any atom is -0.508 e. The summed E-state index contributed by atoms with van der Waals surface area (Å²) in [5, 5.41) is 12.7. The highest BCUT2D eigenvalue weighted by molar-refractivity contribution is 5.41. The van der Waals surface area contributed by atoms with Crippen LogP contribution in [0.4, 0.5) is 0 Å². The Kier molecular flexibility index (Phi) is 5.86. The first-order valence-electron chi connectivity index (χ1n) is 8.97. The van der Waals surface area contributed by atoms with Gasteiger partial charge in [0.2, 0.25) is 0 Å². The first kappa shape index (κ1) is 17.2. The molecule has 0 unspecified atom stereocenters. The molecule has 0 radical (unpaired) electrons. The average Bonchev–Trinajstić information content (AvgIpc) is 2.67. The van der Waals surface area contributed by atoms with Gasteiger partial charge in [-0.2, -0.15) is 0 Å². The van der Waals surface area contributed by atoms with E-state index in [-0.39, 0.29) is 5.92 Å². The molecule has 0 fully saturated rings. The molecule has 0 heterocycles. The fourth-order valence-electron chi connectivity index (χ4n) is 3.37. The smallest absolute Gasteiger partial charge is 0.119 e. The van der Waals surface area contributed by atoms with Gasteiger partial charge < -0.3 is 10.4 Å². The summed E-state index contributed by atoms with van der Waals surface area (Å²) in [6.45, 7) is 3.25. The third-order valence-electron chi connectivity index (χ3n) is 4.82. The predicted octanol–water partition coefficient (Wildman–Crippen LogP) is 4.24. The lowest BCUT2D eigenvalue weighted by Crippen LogP contribution is -2.84. The number of nitrogens with two attached hydrogens (primary N) is 1. The summed E-state index contributed by atoms with van der Waals surface area (Å²) in [6, 6.07) is 29.2. The van der Waals surface area contributed by atoms with Crippen molar-refractivity contribution in [1.82, 2.24) is 0 Å². The summed E-state index contributed by atoms with van der Waals surface area (Å²) in [6.07, 6.45) is 0.985. The highest BCUT2D eigenvalue weighted by atomic mass is 16.3. The number of aromatic hydroxyl groups is 1. The molecular weight excluding hydrogens is 306 g/mol. The Morgan fingerprint density at radius 3 is 1.96 bits per heavy atom. The summed E-state index contributed by atoms with van der Waals surface area (Å²) in [7, 11) is 0. The molecule has 3 aromatic carbocycles. The molecule has 0 spiro atoms. The molecule has 2 nitrogen and oxygen atoms in total. The number of quaternary nitrogens is 1. The van der Waals surface area contributed by atoms with Crippen molar-refractivity contribution in [1.29, 1.82) is 0 Å². The summed E-state index contributed by atoms with van der Waals surface area (Å²) in [4.78, 5) is 0. The zero-order chi connectivity index (χ0) is 17.5. The van der Waals surface area contributed by atoms with Crippen LogP contribution in [0.15, 0.2) is 84.9 Å². The van der Waals surface area contributed by atoms with Crippen molar-refractivity contribution < 1.29 is 10.4 Å². The third-order valence-corrected chi connectivity index (χ3v) is 4.82. The molecule has 2 atom stereocenters. The summed E-state index contributed by atoms with van der Waals surface area (Å²) < 4.78 is 0. The Bertz CT molecular complexity index is 770. The molecule has 0 aliphatic rings. The monoisotopic (exact) mass is 332 g/mol. The molecule has 25 heavy (non-hydrogen) atoms. The number of rotatable bonds is 7. The van der Waals surface area contributed by atoms with Crippen LogP contribution in [0.1, 0.15) is 42.0 Å². The number of benzene rings is 3. The zero-order valence-corrected chi connectivity index (χ0v) is 14.7. The molecule has 128 valence electrons. The lowest BCUT2D eigenvalue weighted by molar-refractivity contribution is -0.693. The van der Waals surface area contributed by atoms with E-state index in [9.17, 15) is 5.11 Å². The van der Waals surface area contributed by atoms with Crippen LogP contribution in [0.25, 0.3) is 0 Å². The Labute approximate surface area is 150 Å². The fraction of sp³-hybridized carbons (Fsp3) is 0.217. The maximum atomic E-state index is 10.3. The van der Waals surface area contributed by atoms with Crippen molar-refractivity contribution in [2.24, 2.45) is 0 Å². The fourth-order valence-corrected chi connectivity index (χ4v) is 3.37. The Balaban J connectivity index is 1.72. The number of para-hydroxylation sites is 1. The second kappa shape index (κ2) is 8.50. The highest BCUT2D eigenvalue weighted by Gasteiger charge is 2.18. The maximum Gasteiger partial charge on any atom is 0.119 e. The van der Waals surface area contributed by atoms with Gasteiger partial charge in [-0.3, -0.25) is 0 Å². The van der Waals surface area contributed by atoms with Crippen molar-refractivity contribution in [3.8, 4) is 5.75 Å². The van der Waals surface area contributed by atoms with E-state index in [1.165, 1.54) is 11.1 Å². The molecule has 0 amide bonds. The third kappa shape index (κ3) is 4.49. The van der Waals surface area contributed by atoms with Crippen LogP contribution in [0.2, 0.25) is 0 Å². The highest BCUT2D eigenvalue weighted by Crippen LogP contribution is 2.33. The van der Waals surface area contributed by atoms with Crippen molar-refractivity contribution in [3.05, 3.63) is 102 Å². The Hall–Kier alpha value is -2.58. The SMILES string of the molecule is C[C@@H]([NH2+]CC[C@@H](c1ccccc1)c1ccccc1O)c1ccccc1. The van der Waals surface area contributed by atoms with Gasteiger partial charge in [0.25, 0.3) is 0 Å². The van der Waals surface area contributed by atoms with E-state index < -0.39 is 0 Å². The van der Waals surface area contributed by atoms with E-state index in [0.29, 0.717) is 11.8 Å². The minimum absolute atomic E-state index is 0.210.